The zero-order valence-electron chi connectivity index (χ0n) is 20.8. The number of aromatic nitrogens is 1. The minimum atomic E-state index is -0.770. The third-order valence-corrected chi connectivity index (χ3v) is 5.99. The number of hydrogen-bond donors (Lipinski definition) is 6. The van der Waals surface area contributed by atoms with Gasteiger partial charge in [-0.2, -0.15) is 0 Å². The van der Waals surface area contributed by atoms with Crippen molar-refractivity contribution in [1.82, 2.24) is 31.2 Å². The molecule has 2 atom stereocenters. The van der Waals surface area contributed by atoms with Gasteiger partial charge in [-0.1, -0.05) is 0 Å². The Morgan fingerprint density at radius 3 is 2.43 bits per heavy atom. The molecule has 1 heterocycles. The van der Waals surface area contributed by atoms with E-state index in [1.807, 2.05) is 7.05 Å². The Labute approximate surface area is 210 Å². The summed E-state index contributed by atoms with van der Waals surface area (Å²) in [6.07, 6.45) is 3.72. The van der Waals surface area contributed by atoms with Crippen LogP contribution in [0.2, 0.25) is 0 Å². The molecule has 0 aliphatic carbocycles. The van der Waals surface area contributed by atoms with Crippen molar-refractivity contribution in [1.29, 1.82) is 0 Å². The van der Waals surface area contributed by atoms with Gasteiger partial charge in [0.1, 0.15) is 0 Å². The molecule has 0 aliphatic heterocycles. The van der Waals surface area contributed by atoms with Crippen LogP contribution in [0, 0.1) is 0 Å². The number of likely N-dealkylation sites (N-methyl/N-ethyl adjacent to an activating group) is 1. The van der Waals surface area contributed by atoms with Gasteiger partial charge in [-0.3, -0.25) is 24.4 Å². The topological polar surface area (TPSA) is 192 Å². The van der Waals surface area contributed by atoms with Gasteiger partial charge in [0, 0.05) is 45.8 Å². The van der Waals surface area contributed by atoms with Crippen LogP contribution in [-0.2, 0) is 9.59 Å². The van der Waals surface area contributed by atoms with Gasteiger partial charge in [0.15, 0.2) is 16.9 Å². The van der Waals surface area contributed by atoms with Crippen LogP contribution in [0.4, 0.5) is 0 Å². The molecule has 0 fully saturated rings. The molecule has 14 heteroatoms. The van der Waals surface area contributed by atoms with E-state index >= 15 is 0 Å². The van der Waals surface area contributed by atoms with Crippen molar-refractivity contribution in [3.63, 3.8) is 0 Å². The molecular formula is C21H38N10O3S. The van der Waals surface area contributed by atoms with Crippen molar-refractivity contribution in [2.24, 2.45) is 21.5 Å². The van der Waals surface area contributed by atoms with Gasteiger partial charge in [0.25, 0.3) is 0 Å². The van der Waals surface area contributed by atoms with E-state index < -0.39 is 18.0 Å². The number of nitrogens with zero attached hydrogens (tertiary/aromatic N) is 4. The molecule has 0 saturated carbocycles. The monoisotopic (exact) mass is 510 g/mol. The molecular weight excluding hydrogens is 472 g/mol. The van der Waals surface area contributed by atoms with Gasteiger partial charge in [0.2, 0.25) is 17.6 Å². The van der Waals surface area contributed by atoms with Crippen LogP contribution in [0.15, 0.2) is 21.6 Å². The lowest BCUT2D eigenvalue weighted by Crippen LogP contribution is -2.49. The number of nitrogens with two attached hydrogens (primary N) is 2. The molecule has 2 amide bonds. The Balaban J connectivity index is 2.58. The number of guanidine groups is 2. The molecule has 2 unspecified atom stereocenters. The maximum atomic E-state index is 12.8. The van der Waals surface area contributed by atoms with Gasteiger partial charge < -0.3 is 37.6 Å². The number of carbonyl (C=O) groups excluding carboxylic acids is 3. The highest BCUT2D eigenvalue weighted by atomic mass is 32.1. The number of hydrogen-bond acceptors (Lipinski definition) is 8. The largest absolute Gasteiger partial charge is 0.370 e. The van der Waals surface area contributed by atoms with Gasteiger partial charge in [0.05, 0.1) is 18.6 Å². The second-order valence-electron chi connectivity index (χ2n) is 7.70. The van der Waals surface area contributed by atoms with E-state index in [-0.39, 0.29) is 18.2 Å². The van der Waals surface area contributed by atoms with E-state index in [4.69, 9.17) is 11.5 Å². The quantitative estimate of drug-likeness (QED) is 0.0704. The Bertz CT molecular complexity index is 860. The zero-order chi connectivity index (χ0) is 26.2. The number of ketones is 1. The first-order chi connectivity index (χ1) is 16.7. The highest BCUT2D eigenvalue weighted by Gasteiger charge is 2.24. The maximum Gasteiger partial charge on any atom is 0.239 e. The molecule has 0 bridgehead atoms. The average Bonchev–Trinajstić information content (AvgIpc) is 3.40. The van der Waals surface area contributed by atoms with Crippen LogP contribution in [0.3, 0.4) is 0 Å². The summed E-state index contributed by atoms with van der Waals surface area (Å²) >= 11 is 1.21. The lowest BCUT2D eigenvalue weighted by molar-refractivity contribution is -0.127. The molecule has 0 saturated heterocycles. The van der Waals surface area contributed by atoms with Crippen LogP contribution in [0.5, 0.6) is 0 Å². The molecule has 8 N–H and O–H groups in total. The van der Waals surface area contributed by atoms with Crippen LogP contribution in [0.25, 0.3) is 0 Å². The van der Waals surface area contributed by atoms with Crippen molar-refractivity contribution in [2.75, 3.05) is 47.8 Å². The normalized spacial score (nSPS) is 13.6. The first kappa shape index (κ1) is 29.8. The van der Waals surface area contributed by atoms with E-state index in [1.54, 1.807) is 31.4 Å². The molecule has 1 aromatic heterocycles. The summed E-state index contributed by atoms with van der Waals surface area (Å²) in [6.45, 7) is 0.883. The van der Waals surface area contributed by atoms with Gasteiger partial charge in [-0.25, -0.2) is 4.98 Å². The number of nitrogens with one attached hydrogen (secondary N) is 4. The highest BCUT2D eigenvalue weighted by molar-refractivity contribution is 7.11. The molecule has 35 heavy (non-hydrogen) atoms. The molecule has 1 rings (SSSR count). The number of Topliss-reactive ketones (excluding diaryl/α,β-unsaturated/α-hetero) is 1. The Hall–Kier alpha value is -3.26. The van der Waals surface area contributed by atoms with Crippen LogP contribution in [-0.4, -0.2) is 99.3 Å². The van der Waals surface area contributed by atoms with Crippen molar-refractivity contribution < 1.29 is 14.4 Å². The van der Waals surface area contributed by atoms with Crippen molar-refractivity contribution in [2.45, 2.75) is 37.8 Å². The summed E-state index contributed by atoms with van der Waals surface area (Å²) in [7, 11) is 6.69. The number of thiazole rings is 1. The zero-order valence-corrected chi connectivity index (χ0v) is 21.7. The second-order valence-corrected chi connectivity index (χ2v) is 8.60. The van der Waals surface area contributed by atoms with Crippen molar-refractivity contribution >= 4 is 40.9 Å². The van der Waals surface area contributed by atoms with Crippen LogP contribution in [0.1, 0.15) is 35.5 Å². The number of amides is 2. The van der Waals surface area contributed by atoms with E-state index in [0.717, 1.165) is 0 Å². The van der Waals surface area contributed by atoms with Crippen molar-refractivity contribution in [3.8, 4) is 0 Å². The smallest absolute Gasteiger partial charge is 0.239 e. The Morgan fingerprint density at radius 2 is 1.83 bits per heavy atom. The van der Waals surface area contributed by atoms with Gasteiger partial charge in [-0.05, 0) is 32.7 Å². The summed E-state index contributed by atoms with van der Waals surface area (Å²) in [5.74, 6) is -0.316. The number of aliphatic imine (C=N–C) groups is 2. The Kier molecular flexibility index (Phi) is 13.9. The van der Waals surface area contributed by atoms with Crippen LogP contribution >= 0.6 is 11.3 Å². The third kappa shape index (κ3) is 11.1. The van der Waals surface area contributed by atoms with Crippen LogP contribution < -0.4 is 32.7 Å². The predicted molar refractivity (Wildman–Crippen MR) is 138 cm³/mol. The fraction of sp³-hybridized carbons (Fsp3) is 0.619. The summed E-state index contributed by atoms with van der Waals surface area (Å²) < 4.78 is 0. The molecule has 196 valence electrons. The first-order valence-electron chi connectivity index (χ1n) is 11.3. The molecule has 1 aromatic rings. The molecule has 0 radical (unpaired) electrons. The minimum Gasteiger partial charge on any atom is -0.370 e. The summed E-state index contributed by atoms with van der Waals surface area (Å²) in [4.78, 5) is 51.5. The fourth-order valence-corrected chi connectivity index (χ4v) is 3.76. The second kappa shape index (κ2) is 16.4. The van der Waals surface area contributed by atoms with E-state index in [1.165, 1.54) is 17.5 Å². The SMILES string of the molecule is CN=C(N)NCCCC(NC(=O)CNC(=O)C(CCCN(C)C(N)=NC)NC)C(=O)c1nccs1. The minimum absolute atomic E-state index is 0.248. The first-order valence-corrected chi connectivity index (χ1v) is 12.2. The summed E-state index contributed by atoms with van der Waals surface area (Å²) in [5, 5.41) is 13.2. The van der Waals surface area contributed by atoms with E-state index in [0.29, 0.717) is 55.7 Å². The molecule has 0 aromatic carbocycles. The fourth-order valence-electron chi connectivity index (χ4n) is 3.13. The maximum absolute atomic E-state index is 12.8. The summed E-state index contributed by atoms with van der Waals surface area (Å²) in [5.41, 5.74) is 11.4. The lowest BCUT2D eigenvalue weighted by Gasteiger charge is -2.21. The van der Waals surface area contributed by atoms with Gasteiger partial charge >= 0.3 is 0 Å². The standard InChI is InChI=1S/C21H38N10O3S/c1-24-15(8-6-11-31(4)21(23)26-3)18(34)29-13-16(32)30-14(7-5-9-28-20(22)25-2)17(33)19-27-10-12-35-19/h10,12,14-15,24H,5-9,11,13H2,1-4H3,(H2,23,26)(H,29,34)(H,30,32)(H3,22,25,28). The molecule has 0 spiro atoms. The van der Waals surface area contributed by atoms with E-state index in [2.05, 4.69) is 36.2 Å². The molecule has 0 aliphatic rings. The van der Waals surface area contributed by atoms with E-state index in [9.17, 15) is 14.4 Å². The summed E-state index contributed by atoms with van der Waals surface area (Å²) in [6, 6.07) is -1.24. The average molecular weight is 511 g/mol. The lowest BCUT2D eigenvalue weighted by atomic mass is 10.1. The third-order valence-electron chi connectivity index (χ3n) is 5.21. The predicted octanol–water partition coefficient (Wildman–Crippen LogP) is -1.51. The Morgan fingerprint density at radius 1 is 1.11 bits per heavy atom. The van der Waals surface area contributed by atoms with Crippen molar-refractivity contribution in [3.05, 3.63) is 16.6 Å². The molecule has 13 nitrogen and oxygen atoms in total. The van der Waals surface area contributed by atoms with Gasteiger partial charge in [-0.15, -0.1) is 11.3 Å². The number of carbonyl (C=O) groups is 3. The number of rotatable bonds is 15. The highest BCUT2D eigenvalue weighted by Crippen LogP contribution is 2.11.